The normalized spacial score (nSPS) is 18.6. The molecule has 2 N–H and O–H groups in total. The Morgan fingerprint density at radius 3 is 2.53 bits per heavy atom. The quantitative estimate of drug-likeness (QED) is 0.555. The van der Waals surface area contributed by atoms with Gasteiger partial charge in [-0.2, -0.15) is 4.98 Å². The fourth-order valence-corrected chi connectivity index (χ4v) is 5.23. The van der Waals surface area contributed by atoms with E-state index in [-0.39, 0.29) is 18.0 Å². The van der Waals surface area contributed by atoms with Crippen molar-refractivity contribution in [3.8, 4) is 0 Å². The molecule has 1 atom stereocenters. The number of carbonyl (C=O) groups is 2. The third-order valence-electron chi connectivity index (χ3n) is 7.12. The van der Waals surface area contributed by atoms with Crippen LogP contribution in [0.25, 0.3) is 11.0 Å². The highest BCUT2D eigenvalue weighted by atomic mass is 16.4. The summed E-state index contributed by atoms with van der Waals surface area (Å²) in [6.45, 7) is 3.61. The molecule has 190 valence electrons. The van der Waals surface area contributed by atoms with Gasteiger partial charge < -0.3 is 29.7 Å². The summed E-state index contributed by atoms with van der Waals surface area (Å²) in [5.41, 5.74) is 2.34. The van der Waals surface area contributed by atoms with Gasteiger partial charge in [0, 0.05) is 57.4 Å². The monoisotopic (exact) mass is 492 g/mol. The smallest absolute Gasteiger partial charge is 0.407 e. The SMILES string of the molecule is CC1CN(c2ccc(Nc3ncc4cc(C(=O)N(C)C)n(C5CCCC5)c4n3)nc2)CCN1C(=O)O. The summed E-state index contributed by atoms with van der Waals surface area (Å²) < 4.78 is 2.09. The van der Waals surface area contributed by atoms with Gasteiger partial charge in [-0.15, -0.1) is 0 Å². The largest absolute Gasteiger partial charge is 0.465 e. The van der Waals surface area contributed by atoms with E-state index in [9.17, 15) is 14.7 Å². The number of nitrogens with one attached hydrogen (secondary N) is 1. The molecule has 1 aliphatic heterocycles. The molecular weight excluding hydrogens is 460 g/mol. The molecule has 1 unspecified atom stereocenters. The van der Waals surface area contributed by atoms with Crippen LogP contribution >= 0.6 is 0 Å². The lowest BCUT2D eigenvalue weighted by atomic mass is 10.2. The zero-order valence-electron chi connectivity index (χ0n) is 20.9. The van der Waals surface area contributed by atoms with Gasteiger partial charge in [0.25, 0.3) is 5.91 Å². The number of rotatable bonds is 5. The van der Waals surface area contributed by atoms with Crippen LogP contribution in [0.15, 0.2) is 30.6 Å². The molecule has 1 saturated carbocycles. The van der Waals surface area contributed by atoms with E-state index >= 15 is 0 Å². The predicted molar refractivity (Wildman–Crippen MR) is 137 cm³/mol. The van der Waals surface area contributed by atoms with Crippen molar-refractivity contribution < 1.29 is 14.7 Å². The van der Waals surface area contributed by atoms with E-state index in [4.69, 9.17) is 4.98 Å². The maximum absolute atomic E-state index is 12.9. The van der Waals surface area contributed by atoms with Crippen molar-refractivity contribution in [3.05, 3.63) is 36.3 Å². The molecule has 2 aliphatic rings. The van der Waals surface area contributed by atoms with Gasteiger partial charge in [0.2, 0.25) is 5.95 Å². The molecule has 36 heavy (non-hydrogen) atoms. The van der Waals surface area contributed by atoms with Crippen LogP contribution in [0, 0.1) is 0 Å². The number of hydrogen-bond acceptors (Lipinski definition) is 7. The Morgan fingerprint density at radius 2 is 1.89 bits per heavy atom. The summed E-state index contributed by atoms with van der Waals surface area (Å²) >= 11 is 0. The summed E-state index contributed by atoms with van der Waals surface area (Å²) in [6, 6.07) is 5.89. The zero-order chi connectivity index (χ0) is 25.4. The number of carbonyl (C=O) groups excluding carboxylic acids is 1. The first kappa shape index (κ1) is 23.8. The molecule has 0 radical (unpaired) electrons. The van der Waals surface area contributed by atoms with Crippen molar-refractivity contribution in [2.75, 3.05) is 43.9 Å². The fourth-order valence-electron chi connectivity index (χ4n) is 5.23. The molecule has 0 bridgehead atoms. The van der Waals surface area contributed by atoms with Gasteiger partial charge in [-0.1, -0.05) is 12.8 Å². The van der Waals surface area contributed by atoms with Crippen molar-refractivity contribution >= 4 is 40.5 Å². The lowest BCUT2D eigenvalue weighted by molar-refractivity contribution is 0.0815. The van der Waals surface area contributed by atoms with Crippen LogP contribution < -0.4 is 10.2 Å². The average molecular weight is 493 g/mol. The molecule has 3 aromatic rings. The molecule has 11 heteroatoms. The molecule has 2 fully saturated rings. The Bertz CT molecular complexity index is 1270. The van der Waals surface area contributed by atoms with Crippen molar-refractivity contribution in [2.45, 2.75) is 44.7 Å². The molecule has 1 aliphatic carbocycles. The molecular formula is C25H32N8O3. The number of hydrogen-bond donors (Lipinski definition) is 2. The van der Waals surface area contributed by atoms with Crippen LogP contribution in [0.1, 0.15) is 49.1 Å². The molecule has 11 nitrogen and oxygen atoms in total. The average Bonchev–Trinajstić information content (AvgIpc) is 3.51. The highest BCUT2D eigenvalue weighted by molar-refractivity contribution is 5.97. The second kappa shape index (κ2) is 9.63. The van der Waals surface area contributed by atoms with Gasteiger partial charge in [0.1, 0.15) is 17.2 Å². The first-order valence-electron chi connectivity index (χ1n) is 12.4. The van der Waals surface area contributed by atoms with Gasteiger partial charge in [0.15, 0.2) is 0 Å². The van der Waals surface area contributed by atoms with E-state index in [1.807, 2.05) is 25.1 Å². The number of fused-ring (bicyclic) bond motifs is 1. The lowest BCUT2D eigenvalue weighted by Gasteiger charge is -2.39. The van der Waals surface area contributed by atoms with Gasteiger partial charge in [-0.3, -0.25) is 4.79 Å². The van der Waals surface area contributed by atoms with Crippen LogP contribution in [-0.4, -0.2) is 86.2 Å². The fraction of sp³-hybridized carbons (Fsp3) is 0.480. The van der Waals surface area contributed by atoms with Gasteiger partial charge in [-0.25, -0.2) is 14.8 Å². The summed E-state index contributed by atoms with van der Waals surface area (Å²) in [4.78, 5) is 43.2. The summed E-state index contributed by atoms with van der Waals surface area (Å²) in [5.74, 6) is 0.997. The molecule has 4 heterocycles. The predicted octanol–water partition coefficient (Wildman–Crippen LogP) is 3.58. The topological polar surface area (TPSA) is 120 Å². The Hall–Kier alpha value is -3.89. The Morgan fingerprint density at radius 1 is 1.11 bits per heavy atom. The van der Waals surface area contributed by atoms with E-state index in [1.165, 1.54) is 4.90 Å². The van der Waals surface area contributed by atoms with E-state index in [2.05, 4.69) is 24.8 Å². The molecule has 3 aromatic heterocycles. The standard InChI is InChI=1S/C25H32N8O3/c1-16-15-31(10-11-32(16)25(35)36)19-8-9-21(26-14-19)28-24-27-13-17-12-20(23(34)30(2)3)33(22(17)29-24)18-6-4-5-7-18/h8-9,12-14,16,18H,4-7,10-11,15H2,1-3H3,(H,35,36)(H,26,27,28,29). The number of carboxylic acid groups (broad SMARTS) is 1. The Kier molecular flexibility index (Phi) is 6.38. The maximum atomic E-state index is 12.9. The minimum atomic E-state index is -0.880. The number of piperazine rings is 1. The minimum Gasteiger partial charge on any atom is -0.465 e. The third kappa shape index (κ3) is 4.52. The highest BCUT2D eigenvalue weighted by Crippen LogP contribution is 2.35. The molecule has 0 aromatic carbocycles. The number of nitrogens with zero attached hydrogens (tertiary/aromatic N) is 7. The van der Waals surface area contributed by atoms with Gasteiger partial charge in [-0.05, 0) is 38.0 Å². The van der Waals surface area contributed by atoms with Crippen LogP contribution in [0.2, 0.25) is 0 Å². The third-order valence-corrected chi connectivity index (χ3v) is 7.12. The van der Waals surface area contributed by atoms with Gasteiger partial charge in [0.05, 0.1) is 11.9 Å². The summed E-state index contributed by atoms with van der Waals surface area (Å²) in [6.07, 6.45) is 7.01. The van der Waals surface area contributed by atoms with E-state index in [0.717, 1.165) is 42.4 Å². The number of amides is 2. The molecule has 2 amide bonds. The molecule has 5 rings (SSSR count). The number of pyridine rings is 1. The zero-order valence-corrected chi connectivity index (χ0v) is 20.9. The first-order chi connectivity index (χ1) is 17.3. The Balaban J connectivity index is 1.36. The number of aromatic nitrogens is 4. The molecule has 1 saturated heterocycles. The van der Waals surface area contributed by atoms with Crippen molar-refractivity contribution in [1.82, 2.24) is 29.3 Å². The highest BCUT2D eigenvalue weighted by Gasteiger charge is 2.28. The first-order valence-corrected chi connectivity index (χ1v) is 12.4. The van der Waals surface area contributed by atoms with E-state index < -0.39 is 6.09 Å². The number of anilines is 3. The Labute approximate surface area is 209 Å². The van der Waals surface area contributed by atoms with Crippen LogP contribution in [0.4, 0.5) is 22.2 Å². The van der Waals surface area contributed by atoms with Crippen LogP contribution in [0.5, 0.6) is 0 Å². The van der Waals surface area contributed by atoms with E-state index in [0.29, 0.717) is 37.1 Å². The second-order valence-corrected chi connectivity index (χ2v) is 9.81. The lowest BCUT2D eigenvalue weighted by Crippen LogP contribution is -2.53. The summed E-state index contributed by atoms with van der Waals surface area (Å²) in [5, 5.41) is 13.3. The van der Waals surface area contributed by atoms with Crippen LogP contribution in [-0.2, 0) is 0 Å². The maximum Gasteiger partial charge on any atom is 0.407 e. The van der Waals surface area contributed by atoms with E-state index in [1.54, 1.807) is 31.4 Å². The van der Waals surface area contributed by atoms with Crippen molar-refractivity contribution in [3.63, 3.8) is 0 Å². The summed E-state index contributed by atoms with van der Waals surface area (Å²) in [7, 11) is 3.53. The van der Waals surface area contributed by atoms with Crippen molar-refractivity contribution in [2.24, 2.45) is 0 Å². The van der Waals surface area contributed by atoms with Gasteiger partial charge >= 0.3 is 6.09 Å². The van der Waals surface area contributed by atoms with Crippen molar-refractivity contribution in [1.29, 1.82) is 0 Å². The second-order valence-electron chi connectivity index (χ2n) is 9.81. The van der Waals surface area contributed by atoms with Crippen LogP contribution in [0.3, 0.4) is 0 Å². The minimum absolute atomic E-state index is 0.0369. The molecule has 0 spiro atoms.